The summed E-state index contributed by atoms with van der Waals surface area (Å²) >= 11 is 3.40. The zero-order valence-electron chi connectivity index (χ0n) is 10.2. The third kappa shape index (κ3) is 5.84. The van der Waals surface area contributed by atoms with Crippen molar-refractivity contribution < 1.29 is 9.90 Å². The van der Waals surface area contributed by atoms with Gasteiger partial charge in [0.15, 0.2) is 0 Å². The Balaban J connectivity index is 2.41. The number of benzene rings is 1. The first kappa shape index (κ1) is 14.2. The number of nitrogens with zero attached hydrogens (tertiary/aromatic N) is 1. The topological polar surface area (TPSA) is 40.5 Å². The molecule has 0 aliphatic rings. The van der Waals surface area contributed by atoms with Crippen molar-refractivity contribution in [2.45, 2.75) is 19.9 Å². The predicted molar refractivity (Wildman–Crippen MR) is 71.9 cm³/mol. The average molecular weight is 300 g/mol. The van der Waals surface area contributed by atoms with Gasteiger partial charge in [0.25, 0.3) is 0 Å². The van der Waals surface area contributed by atoms with Gasteiger partial charge in [-0.3, -0.25) is 4.79 Å². The Morgan fingerprint density at radius 2 is 2.00 bits per heavy atom. The lowest BCUT2D eigenvalue weighted by Crippen LogP contribution is -2.25. The Morgan fingerprint density at radius 3 is 2.53 bits per heavy atom. The van der Waals surface area contributed by atoms with Crippen molar-refractivity contribution in [2.75, 3.05) is 13.6 Å². The predicted octanol–water partition coefficient (Wildman–Crippen LogP) is 2.99. The van der Waals surface area contributed by atoms with E-state index in [0.717, 1.165) is 17.6 Å². The molecule has 1 unspecified atom stereocenters. The molecule has 0 aliphatic carbocycles. The molecule has 0 amide bonds. The van der Waals surface area contributed by atoms with E-state index in [-0.39, 0.29) is 12.3 Å². The van der Waals surface area contributed by atoms with Crippen molar-refractivity contribution in [1.82, 2.24) is 4.90 Å². The van der Waals surface area contributed by atoms with Crippen LogP contribution in [-0.2, 0) is 11.3 Å². The molecule has 0 saturated heterocycles. The molecular formula is C13H18BrNO2. The molecule has 0 aliphatic heterocycles. The fourth-order valence-corrected chi connectivity index (χ4v) is 2.13. The number of carboxylic acid groups (broad SMARTS) is 1. The highest BCUT2D eigenvalue weighted by molar-refractivity contribution is 9.10. The number of rotatable bonds is 6. The van der Waals surface area contributed by atoms with Gasteiger partial charge in [0.05, 0.1) is 0 Å². The highest BCUT2D eigenvalue weighted by atomic mass is 79.9. The van der Waals surface area contributed by atoms with E-state index in [1.165, 1.54) is 5.56 Å². The molecule has 0 radical (unpaired) electrons. The van der Waals surface area contributed by atoms with E-state index in [1.54, 1.807) is 0 Å². The molecular weight excluding hydrogens is 282 g/mol. The Kier molecular flexibility index (Phi) is 5.65. The van der Waals surface area contributed by atoms with Gasteiger partial charge in [-0.1, -0.05) is 35.0 Å². The summed E-state index contributed by atoms with van der Waals surface area (Å²) < 4.78 is 1.07. The Labute approximate surface area is 111 Å². The van der Waals surface area contributed by atoms with Crippen LogP contribution < -0.4 is 0 Å². The standard InChI is InChI=1S/C13H18BrNO2/c1-10(7-13(16)17)8-15(2)9-11-3-5-12(14)6-4-11/h3-6,10H,7-9H2,1-2H3,(H,16,17). The van der Waals surface area contributed by atoms with Crippen LogP contribution >= 0.6 is 15.9 Å². The van der Waals surface area contributed by atoms with Crippen molar-refractivity contribution >= 4 is 21.9 Å². The molecule has 3 nitrogen and oxygen atoms in total. The van der Waals surface area contributed by atoms with E-state index in [2.05, 4.69) is 33.0 Å². The van der Waals surface area contributed by atoms with Crippen LogP contribution in [0.2, 0.25) is 0 Å². The summed E-state index contributed by atoms with van der Waals surface area (Å²) in [5.74, 6) is -0.553. The van der Waals surface area contributed by atoms with Crippen LogP contribution in [0.5, 0.6) is 0 Å². The second-order valence-corrected chi connectivity index (χ2v) is 5.44. The van der Waals surface area contributed by atoms with Gasteiger partial charge in [-0.15, -0.1) is 0 Å². The molecule has 94 valence electrons. The second kappa shape index (κ2) is 6.77. The van der Waals surface area contributed by atoms with Crippen LogP contribution in [0, 0.1) is 5.92 Å². The van der Waals surface area contributed by atoms with Crippen molar-refractivity contribution in [3.8, 4) is 0 Å². The minimum absolute atomic E-state index is 0.174. The number of aliphatic carboxylic acids is 1. The van der Waals surface area contributed by atoms with Crippen molar-refractivity contribution in [3.05, 3.63) is 34.3 Å². The first-order valence-electron chi connectivity index (χ1n) is 5.62. The van der Waals surface area contributed by atoms with Gasteiger partial charge < -0.3 is 10.0 Å². The summed E-state index contributed by atoms with van der Waals surface area (Å²) in [6.07, 6.45) is 0.227. The van der Waals surface area contributed by atoms with Gasteiger partial charge in [-0.2, -0.15) is 0 Å². The number of carboxylic acids is 1. The third-order valence-electron chi connectivity index (χ3n) is 2.51. The van der Waals surface area contributed by atoms with Crippen LogP contribution in [0.3, 0.4) is 0 Å². The van der Waals surface area contributed by atoms with Crippen molar-refractivity contribution in [2.24, 2.45) is 5.92 Å². The first-order chi connectivity index (χ1) is 7.97. The minimum Gasteiger partial charge on any atom is -0.481 e. The number of hydrogen-bond acceptors (Lipinski definition) is 2. The molecule has 4 heteroatoms. The van der Waals surface area contributed by atoms with Gasteiger partial charge in [0.2, 0.25) is 0 Å². The van der Waals surface area contributed by atoms with Crippen LogP contribution in [0.25, 0.3) is 0 Å². The van der Waals surface area contributed by atoms with E-state index < -0.39 is 5.97 Å². The maximum atomic E-state index is 10.6. The monoisotopic (exact) mass is 299 g/mol. The Bertz CT molecular complexity index is 364. The molecule has 1 aromatic carbocycles. The van der Waals surface area contributed by atoms with E-state index in [1.807, 2.05) is 26.1 Å². The van der Waals surface area contributed by atoms with Crippen molar-refractivity contribution in [3.63, 3.8) is 0 Å². The average Bonchev–Trinajstić information content (AvgIpc) is 2.19. The highest BCUT2D eigenvalue weighted by Gasteiger charge is 2.10. The van der Waals surface area contributed by atoms with Crippen LogP contribution in [-0.4, -0.2) is 29.6 Å². The fraction of sp³-hybridized carbons (Fsp3) is 0.462. The van der Waals surface area contributed by atoms with Crippen LogP contribution in [0.4, 0.5) is 0 Å². The molecule has 1 rings (SSSR count). The van der Waals surface area contributed by atoms with E-state index in [9.17, 15) is 4.79 Å². The molecule has 1 atom stereocenters. The summed E-state index contributed by atoms with van der Waals surface area (Å²) in [6.45, 7) is 3.60. The lowest BCUT2D eigenvalue weighted by molar-refractivity contribution is -0.138. The molecule has 0 fully saturated rings. The molecule has 0 saturated carbocycles. The van der Waals surface area contributed by atoms with Gasteiger partial charge >= 0.3 is 5.97 Å². The molecule has 0 bridgehead atoms. The molecule has 0 spiro atoms. The summed E-state index contributed by atoms with van der Waals surface area (Å²) in [4.78, 5) is 12.7. The van der Waals surface area contributed by atoms with Gasteiger partial charge in [-0.05, 0) is 30.7 Å². The lowest BCUT2D eigenvalue weighted by atomic mass is 10.1. The van der Waals surface area contributed by atoms with Gasteiger partial charge in [0.1, 0.15) is 0 Å². The zero-order chi connectivity index (χ0) is 12.8. The van der Waals surface area contributed by atoms with Crippen LogP contribution in [0.1, 0.15) is 18.9 Å². The molecule has 0 aromatic heterocycles. The van der Waals surface area contributed by atoms with E-state index >= 15 is 0 Å². The van der Waals surface area contributed by atoms with Gasteiger partial charge in [0, 0.05) is 24.0 Å². The van der Waals surface area contributed by atoms with Gasteiger partial charge in [-0.25, -0.2) is 0 Å². The number of halogens is 1. The molecule has 17 heavy (non-hydrogen) atoms. The number of hydrogen-bond donors (Lipinski definition) is 1. The normalized spacial score (nSPS) is 12.7. The van der Waals surface area contributed by atoms with Crippen molar-refractivity contribution in [1.29, 1.82) is 0 Å². The quantitative estimate of drug-likeness (QED) is 0.878. The summed E-state index contributed by atoms with van der Waals surface area (Å²) in [5.41, 5.74) is 1.23. The zero-order valence-corrected chi connectivity index (χ0v) is 11.8. The minimum atomic E-state index is -0.727. The Hall–Kier alpha value is -0.870. The maximum absolute atomic E-state index is 10.6. The summed E-state index contributed by atoms with van der Waals surface area (Å²) in [5, 5.41) is 8.69. The molecule has 1 N–H and O–H groups in total. The Morgan fingerprint density at radius 1 is 1.41 bits per heavy atom. The smallest absolute Gasteiger partial charge is 0.303 e. The lowest BCUT2D eigenvalue weighted by Gasteiger charge is -2.20. The maximum Gasteiger partial charge on any atom is 0.303 e. The first-order valence-corrected chi connectivity index (χ1v) is 6.41. The molecule has 1 aromatic rings. The highest BCUT2D eigenvalue weighted by Crippen LogP contribution is 2.13. The van der Waals surface area contributed by atoms with E-state index in [4.69, 9.17) is 5.11 Å². The number of carbonyl (C=O) groups is 1. The van der Waals surface area contributed by atoms with Crippen LogP contribution in [0.15, 0.2) is 28.7 Å². The third-order valence-corrected chi connectivity index (χ3v) is 3.04. The molecule has 0 heterocycles. The second-order valence-electron chi connectivity index (χ2n) is 4.53. The fourth-order valence-electron chi connectivity index (χ4n) is 1.86. The summed E-state index contributed by atoms with van der Waals surface area (Å²) in [7, 11) is 2.01. The van der Waals surface area contributed by atoms with E-state index in [0.29, 0.717) is 0 Å². The SMILES string of the molecule is CC(CC(=O)O)CN(C)Cc1ccc(Br)cc1. The summed E-state index contributed by atoms with van der Waals surface area (Å²) in [6, 6.07) is 8.18. The largest absolute Gasteiger partial charge is 0.481 e.